The Kier molecular flexibility index (Phi) is 8.39. The molecule has 200 valence electrons. The summed E-state index contributed by atoms with van der Waals surface area (Å²) in [6.45, 7) is 5.36. The standard InChI is InChI=1S/C27H44F3N3O2/c1-4-6-20-14-24-18(15-31-20)12-23(26(35)33(24)3)22-13-21(10-9-16(22)2)32-25(34)17-7-5-8-19(11-17)27(28,29)30/h16-24,31H,4-15H2,1-3H3,(H,32,34). The van der Waals surface area contributed by atoms with Crippen LogP contribution >= 0.6 is 0 Å². The van der Waals surface area contributed by atoms with Gasteiger partial charge in [-0.3, -0.25) is 9.59 Å². The number of halogens is 3. The number of alkyl halides is 3. The van der Waals surface area contributed by atoms with Crippen molar-refractivity contribution in [1.29, 1.82) is 0 Å². The van der Waals surface area contributed by atoms with E-state index in [2.05, 4.69) is 24.5 Å². The van der Waals surface area contributed by atoms with Crippen LogP contribution < -0.4 is 10.6 Å². The third-order valence-electron chi connectivity index (χ3n) is 9.72. The SMILES string of the molecule is CCCC1CC2C(CN1)CC(C1CC(NC(=O)C3CCCC(C(F)(F)F)C3)CCC1C)C(=O)N2C. The molecule has 0 aromatic carbocycles. The lowest BCUT2D eigenvalue weighted by Gasteiger charge is -2.50. The first-order valence-electron chi connectivity index (χ1n) is 14.0. The molecule has 4 rings (SSSR count). The molecule has 4 aliphatic rings. The normalized spacial score (nSPS) is 40.8. The van der Waals surface area contributed by atoms with Crippen LogP contribution in [0.3, 0.4) is 0 Å². The molecule has 0 spiro atoms. The summed E-state index contributed by atoms with van der Waals surface area (Å²) in [5, 5.41) is 6.81. The zero-order valence-corrected chi connectivity index (χ0v) is 21.6. The lowest BCUT2D eigenvalue weighted by molar-refractivity contribution is -0.186. The maximum Gasteiger partial charge on any atom is 0.391 e. The second kappa shape index (κ2) is 11.0. The third-order valence-corrected chi connectivity index (χ3v) is 9.72. The summed E-state index contributed by atoms with van der Waals surface area (Å²) < 4.78 is 39.6. The summed E-state index contributed by atoms with van der Waals surface area (Å²) in [5.41, 5.74) is 0. The number of nitrogens with one attached hydrogen (secondary N) is 2. The average Bonchev–Trinajstić information content (AvgIpc) is 2.83. The predicted octanol–water partition coefficient (Wildman–Crippen LogP) is 4.90. The molecule has 4 fully saturated rings. The van der Waals surface area contributed by atoms with Crippen LogP contribution in [0.25, 0.3) is 0 Å². The van der Waals surface area contributed by atoms with E-state index in [-0.39, 0.29) is 42.5 Å². The van der Waals surface area contributed by atoms with Gasteiger partial charge in [-0.2, -0.15) is 13.2 Å². The van der Waals surface area contributed by atoms with Gasteiger partial charge in [0.25, 0.3) is 0 Å². The minimum Gasteiger partial charge on any atom is -0.353 e. The quantitative estimate of drug-likeness (QED) is 0.566. The van der Waals surface area contributed by atoms with E-state index in [1.807, 2.05) is 11.9 Å². The fraction of sp³-hybridized carbons (Fsp3) is 0.926. The van der Waals surface area contributed by atoms with Crippen LogP contribution in [0.2, 0.25) is 0 Å². The largest absolute Gasteiger partial charge is 0.391 e. The van der Waals surface area contributed by atoms with Gasteiger partial charge in [0, 0.05) is 43.6 Å². The van der Waals surface area contributed by atoms with Crippen molar-refractivity contribution in [1.82, 2.24) is 15.5 Å². The van der Waals surface area contributed by atoms with Gasteiger partial charge in [0.15, 0.2) is 0 Å². The van der Waals surface area contributed by atoms with Crippen molar-refractivity contribution in [3.8, 4) is 0 Å². The highest BCUT2D eigenvalue weighted by Crippen LogP contribution is 2.44. The van der Waals surface area contributed by atoms with Crippen LogP contribution in [-0.4, -0.2) is 54.6 Å². The molecule has 0 bridgehead atoms. The van der Waals surface area contributed by atoms with Crippen molar-refractivity contribution in [3.63, 3.8) is 0 Å². The van der Waals surface area contributed by atoms with E-state index in [0.29, 0.717) is 36.8 Å². The second-order valence-corrected chi connectivity index (χ2v) is 12.0. The van der Waals surface area contributed by atoms with Crippen LogP contribution in [0.1, 0.15) is 84.5 Å². The lowest BCUT2D eigenvalue weighted by atomic mass is 9.65. The summed E-state index contributed by atoms with van der Waals surface area (Å²) in [6, 6.07) is 0.737. The Morgan fingerprint density at radius 2 is 1.89 bits per heavy atom. The monoisotopic (exact) mass is 499 g/mol. The highest BCUT2D eigenvalue weighted by molar-refractivity contribution is 5.80. The lowest BCUT2D eigenvalue weighted by Crippen LogP contribution is -2.60. The molecule has 8 heteroatoms. The summed E-state index contributed by atoms with van der Waals surface area (Å²) in [6.07, 6.45) is 3.50. The molecule has 0 aromatic rings. The zero-order chi connectivity index (χ0) is 25.3. The Morgan fingerprint density at radius 3 is 2.60 bits per heavy atom. The van der Waals surface area contributed by atoms with E-state index < -0.39 is 18.0 Å². The molecule has 5 nitrogen and oxygen atoms in total. The van der Waals surface area contributed by atoms with E-state index in [9.17, 15) is 22.8 Å². The number of fused-ring (bicyclic) bond motifs is 1. The van der Waals surface area contributed by atoms with Crippen LogP contribution in [0.4, 0.5) is 13.2 Å². The first-order valence-corrected chi connectivity index (χ1v) is 14.0. The number of rotatable bonds is 5. The Bertz CT molecular complexity index is 760. The first-order chi connectivity index (χ1) is 16.6. The Hall–Kier alpha value is -1.31. The number of piperidine rings is 2. The summed E-state index contributed by atoms with van der Waals surface area (Å²) in [4.78, 5) is 28.4. The van der Waals surface area contributed by atoms with E-state index in [0.717, 1.165) is 51.5 Å². The van der Waals surface area contributed by atoms with Crippen molar-refractivity contribution in [2.45, 2.75) is 109 Å². The molecule has 2 aliphatic heterocycles. The van der Waals surface area contributed by atoms with Gasteiger partial charge in [-0.25, -0.2) is 0 Å². The summed E-state index contributed by atoms with van der Waals surface area (Å²) in [7, 11) is 1.97. The maximum atomic E-state index is 13.5. The molecule has 2 amide bonds. The van der Waals surface area contributed by atoms with Crippen LogP contribution in [0.15, 0.2) is 0 Å². The molecule has 0 radical (unpaired) electrons. The number of carbonyl (C=O) groups excluding carboxylic acids is 2. The van der Waals surface area contributed by atoms with E-state index in [1.54, 1.807) is 0 Å². The Labute approximate surface area is 208 Å². The van der Waals surface area contributed by atoms with Gasteiger partial charge in [0.2, 0.25) is 11.8 Å². The number of amides is 2. The van der Waals surface area contributed by atoms with Gasteiger partial charge >= 0.3 is 6.18 Å². The molecule has 35 heavy (non-hydrogen) atoms. The van der Waals surface area contributed by atoms with Crippen molar-refractivity contribution in [3.05, 3.63) is 0 Å². The van der Waals surface area contributed by atoms with E-state index in [4.69, 9.17) is 0 Å². The van der Waals surface area contributed by atoms with Gasteiger partial charge in [0.1, 0.15) is 0 Å². The van der Waals surface area contributed by atoms with Crippen molar-refractivity contribution in [2.75, 3.05) is 13.6 Å². The molecule has 0 aromatic heterocycles. The highest BCUT2D eigenvalue weighted by atomic mass is 19.4. The number of likely N-dealkylation sites (tertiary alicyclic amines) is 1. The number of hydrogen-bond acceptors (Lipinski definition) is 3. The minimum absolute atomic E-state index is 0.0373. The molecule has 9 atom stereocenters. The molecule has 2 aliphatic carbocycles. The number of hydrogen-bond donors (Lipinski definition) is 2. The van der Waals surface area contributed by atoms with E-state index >= 15 is 0 Å². The predicted molar refractivity (Wildman–Crippen MR) is 129 cm³/mol. The number of carbonyl (C=O) groups is 2. The van der Waals surface area contributed by atoms with Crippen LogP contribution in [0.5, 0.6) is 0 Å². The highest BCUT2D eigenvalue weighted by Gasteiger charge is 2.48. The maximum absolute atomic E-state index is 13.5. The van der Waals surface area contributed by atoms with Crippen LogP contribution in [-0.2, 0) is 9.59 Å². The average molecular weight is 500 g/mol. The fourth-order valence-electron chi connectivity index (χ4n) is 7.61. The Balaban J connectivity index is 1.37. The topological polar surface area (TPSA) is 61.4 Å². The van der Waals surface area contributed by atoms with Gasteiger partial charge in [-0.05, 0) is 75.5 Å². The molecule has 2 heterocycles. The Morgan fingerprint density at radius 1 is 1.11 bits per heavy atom. The molecule has 2 saturated carbocycles. The first kappa shape index (κ1) is 26.7. The third kappa shape index (κ3) is 5.99. The van der Waals surface area contributed by atoms with Crippen molar-refractivity contribution in [2.24, 2.45) is 35.5 Å². The summed E-state index contributed by atoms with van der Waals surface area (Å²) in [5.74, 6) is -0.876. The van der Waals surface area contributed by atoms with Gasteiger partial charge in [0.05, 0.1) is 5.92 Å². The molecule has 2 N–H and O–H groups in total. The van der Waals surface area contributed by atoms with Crippen LogP contribution in [0, 0.1) is 35.5 Å². The summed E-state index contributed by atoms with van der Waals surface area (Å²) >= 11 is 0. The molecular weight excluding hydrogens is 455 g/mol. The van der Waals surface area contributed by atoms with E-state index in [1.165, 1.54) is 0 Å². The zero-order valence-electron chi connectivity index (χ0n) is 21.6. The van der Waals surface area contributed by atoms with Crippen molar-refractivity contribution < 1.29 is 22.8 Å². The smallest absolute Gasteiger partial charge is 0.353 e. The minimum atomic E-state index is -4.22. The number of nitrogens with zero attached hydrogens (tertiary/aromatic N) is 1. The van der Waals surface area contributed by atoms with Gasteiger partial charge < -0.3 is 15.5 Å². The van der Waals surface area contributed by atoms with Crippen molar-refractivity contribution >= 4 is 11.8 Å². The van der Waals surface area contributed by atoms with Gasteiger partial charge in [-0.1, -0.05) is 26.7 Å². The van der Waals surface area contributed by atoms with Gasteiger partial charge in [-0.15, -0.1) is 0 Å². The molecular formula is C27H44F3N3O2. The molecule has 2 saturated heterocycles. The molecule has 9 unspecified atom stereocenters. The fourth-order valence-corrected chi connectivity index (χ4v) is 7.61. The second-order valence-electron chi connectivity index (χ2n) is 12.0.